The highest BCUT2D eigenvalue weighted by atomic mass is 16.6. The summed E-state index contributed by atoms with van der Waals surface area (Å²) in [5, 5.41) is 17.5. The zero-order chi connectivity index (χ0) is 27.6. The van der Waals surface area contributed by atoms with Gasteiger partial charge in [-0.2, -0.15) is 0 Å². The standard InChI is InChI=1S/C29H41N5O4/c1-28(2,3)38-27(36)32-18-10-17-31-26(30)34-19-15-29(16-20-34,22-11-6-5-7-12-22)21-33-25(35)23-13-8-9-14-24(23)37-4/h5-9,11-14H,10,15-21H2,1-4H3,(H2,30,31)(H,32,36)(H,33,35). The van der Waals surface area contributed by atoms with E-state index in [0.717, 1.165) is 12.8 Å². The van der Waals surface area contributed by atoms with Crippen molar-refractivity contribution in [3.8, 4) is 5.75 Å². The van der Waals surface area contributed by atoms with Crippen molar-refractivity contribution in [1.82, 2.24) is 20.9 Å². The second kappa shape index (κ2) is 13.2. The lowest BCUT2D eigenvalue weighted by Gasteiger charge is -2.43. The van der Waals surface area contributed by atoms with Crippen molar-refractivity contribution in [3.05, 3.63) is 65.7 Å². The van der Waals surface area contributed by atoms with Gasteiger partial charge in [0, 0.05) is 38.1 Å². The molecule has 2 aromatic carbocycles. The first kappa shape index (κ1) is 28.8. The van der Waals surface area contributed by atoms with Crippen LogP contribution in [0.4, 0.5) is 4.79 Å². The van der Waals surface area contributed by atoms with E-state index in [1.807, 2.05) is 56.0 Å². The minimum atomic E-state index is -0.523. The number of likely N-dealkylation sites (tertiary alicyclic amines) is 1. The van der Waals surface area contributed by atoms with Gasteiger partial charge >= 0.3 is 6.09 Å². The summed E-state index contributed by atoms with van der Waals surface area (Å²) in [6.07, 6.45) is 1.85. The van der Waals surface area contributed by atoms with E-state index in [2.05, 4.69) is 28.1 Å². The highest BCUT2D eigenvalue weighted by Crippen LogP contribution is 2.35. The van der Waals surface area contributed by atoms with Gasteiger partial charge in [-0.1, -0.05) is 42.5 Å². The minimum absolute atomic E-state index is 0.158. The Labute approximate surface area is 225 Å². The third-order valence-electron chi connectivity index (χ3n) is 6.68. The van der Waals surface area contributed by atoms with Crippen LogP contribution >= 0.6 is 0 Å². The quantitative estimate of drug-likeness (QED) is 0.225. The molecule has 4 N–H and O–H groups in total. The molecule has 1 aliphatic rings. The number of benzene rings is 2. The third-order valence-corrected chi connectivity index (χ3v) is 6.68. The maximum atomic E-state index is 13.0. The van der Waals surface area contributed by atoms with Gasteiger partial charge in [-0.05, 0) is 57.7 Å². The summed E-state index contributed by atoms with van der Waals surface area (Å²) in [4.78, 5) is 26.8. The third kappa shape index (κ3) is 8.13. The molecule has 0 aromatic heterocycles. The number of hydrogen-bond donors (Lipinski definition) is 4. The molecule has 2 amide bonds. The van der Waals surface area contributed by atoms with Crippen LogP contribution < -0.4 is 20.7 Å². The van der Waals surface area contributed by atoms with Gasteiger partial charge in [0.15, 0.2) is 5.96 Å². The predicted molar refractivity (Wildman–Crippen MR) is 149 cm³/mol. The van der Waals surface area contributed by atoms with Crippen LogP contribution in [-0.4, -0.2) is 68.3 Å². The van der Waals surface area contributed by atoms with Gasteiger partial charge < -0.3 is 30.3 Å². The van der Waals surface area contributed by atoms with Crippen molar-refractivity contribution in [2.75, 3.05) is 39.8 Å². The number of methoxy groups -OCH3 is 1. The Hall–Kier alpha value is -3.75. The van der Waals surface area contributed by atoms with Crippen LogP contribution in [0.1, 0.15) is 56.0 Å². The Morgan fingerprint density at radius 1 is 0.947 bits per heavy atom. The average Bonchev–Trinajstić information content (AvgIpc) is 2.91. The lowest BCUT2D eigenvalue weighted by molar-refractivity contribution is 0.0527. The molecule has 206 valence electrons. The van der Waals surface area contributed by atoms with E-state index >= 15 is 0 Å². The maximum Gasteiger partial charge on any atom is 0.407 e. The number of para-hydroxylation sites is 1. The van der Waals surface area contributed by atoms with Gasteiger partial charge in [0.2, 0.25) is 0 Å². The largest absolute Gasteiger partial charge is 0.496 e. The van der Waals surface area contributed by atoms with Crippen molar-refractivity contribution in [3.63, 3.8) is 0 Å². The van der Waals surface area contributed by atoms with E-state index in [4.69, 9.17) is 14.9 Å². The fourth-order valence-corrected chi connectivity index (χ4v) is 4.61. The summed E-state index contributed by atoms with van der Waals surface area (Å²) in [6, 6.07) is 17.5. The fraction of sp³-hybridized carbons (Fsp3) is 0.483. The SMILES string of the molecule is COc1ccccc1C(=O)NCC1(c2ccccc2)CCN(C(=N)NCCCNC(=O)OC(C)(C)C)CC1. The highest BCUT2D eigenvalue weighted by molar-refractivity contribution is 5.97. The summed E-state index contributed by atoms with van der Waals surface area (Å²) >= 11 is 0. The van der Waals surface area contributed by atoms with Crippen molar-refractivity contribution in [2.24, 2.45) is 0 Å². The molecule has 0 radical (unpaired) electrons. The van der Waals surface area contributed by atoms with Crippen molar-refractivity contribution in [2.45, 2.75) is 51.0 Å². The van der Waals surface area contributed by atoms with Crippen LogP contribution in [-0.2, 0) is 10.2 Å². The van der Waals surface area contributed by atoms with E-state index in [0.29, 0.717) is 56.4 Å². The number of nitrogens with one attached hydrogen (secondary N) is 4. The Morgan fingerprint density at radius 3 is 2.24 bits per heavy atom. The first-order valence-electron chi connectivity index (χ1n) is 13.1. The number of ether oxygens (including phenoxy) is 2. The van der Waals surface area contributed by atoms with Crippen LogP contribution in [0.3, 0.4) is 0 Å². The summed E-state index contributed by atoms with van der Waals surface area (Å²) in [7, 11) is 1.56. The smallest absolute Gasteiger partial charge is 0.407 e. The molecule has 9 heteroatoms. The van der Waals surface area contributed by atoms with E-state index in [1.54, 1.807) is 19.2 Å². The number of piperidine rings is 1. The predicted octanol–water partition coefficient (Wildman–Crippen LogP) is 3.90. The molecule has 9 nitrogen and oxygen atoms in total. The zero-order valence-corrected chi connectivity index (χ0v) is 22.9. The molecule has 1 saturated heterocycles. The van der Waals surface area contributed by atoms with Gasteiger partial charge in [-0.25, -0.2) is 4.79 Å². The van der Waals surface area contributed by atoms with Crippen molar-refractivity contribution >= 4 is 18.0 Å². The Bertz CT molecular complexity index is 1080. The molecule has 0 atom stereocenters. The number of rotatable bonds is 9. The number of amides is 2. The Morgan fingerprint density at radius 2 is 1.58 bits per heavy atom. The lowest BCUT2D eigenvalue weighted by atomic mass is 9.72. The molecule has 38 heavy (non-hydrogen) atoms. The second-order valence-corrected chi connectivity index (χ2v) is 10.6. The van der Waals surface area contributed by atoms with E-state index in [1.165, 1.54) is 5.56 Å². The molecule has 0 bridgehead atoms. The van der Waals surface area contributed by atoms with Gasteiger partial charge in [-0.3, -0.25) is 10.2 Å². The van der Waals surface area contributed by atoms with Crippen LogP contribution in [0, 0.1) is 5.41 Å². The lowest BCUT2D eigenvalue weighted by Crippen LogP contribution is -2.52. The summed E-state index contributed by atoms with van der Waals surface area (Å²) in [5.74, 6) is 0.769. The Kier molecular flexibility index (Phi) is 9.98. The number of carbonyl (C=O) groups excluding carboxylic acids is 2. The van der Waals surface area contributed by atoms with Crippen LogP contribution in [0.5, 0.6) is 5.75 Å². The molecule has 0 unspecified atom stereocenters. The van der Waals surface area contributed by atoms with E-state index in [-0.39, 0.29) is 11.3 Å². The maximum absolute atomic E-state index is 13.0. The normalized spacial score (nSPS) is 14.8. The molecular formula is C29H41N5O4. The van der Waals surface area contributed by atoms with Crippen LogP contribution in [0.2, 0.25) is 0 Å². The van der Waals surface area contributed by atoms with Gasteiger partial charge in [0.25, 0.3) is 5.91 Å². The average molecular weight is 524 g/mol. The van der Waals surface area contributed by atoms with Crippen molar-refractivity contribution in [1.29, 1.82) is 5.41 Å². The van der Waals surface area contributed by atoms with Gasteiger partial charge in [0.05, 0.1) is 12.7 Å². The fourth-order valence-electron chi connectivity index (χ4n) is 4.61. The minimum Gasteiger partial charge on any atom is -0.496 e. The number of carbonyl (C=O) groups is 2. The van der Waals surface area contributed by atoms with Crippen LogP contribution in [0.25, 0.3) is 0 Å². The molecule has 0 spiro atoms. The summed E-state index contributed by atoms with van der Waals surface area (Å²) < 4.78 is 10.6. The highest BCUT2D eigenvalue weighted by Gasteiger charge is 2.37. The van der Waals surface area contributed by atoms with Gasteiger partial charge in [0.1, 0.15) is 11.4 Å². The molecule has 0 saturated carbocycles. The number of hydrogen-bond acceptors (Lipinski definition) is 5. The number of guanidine groups is 1. The number of nitrogens with zero attached hydrogens (tertiary/aromatic N) is 1. The number of alkyl carbamates (subject to hydrolysis) is 1. The second-order valence-electron chi connectivity index (χ2n) is 10.6. The van der Waals surface area contributed by atoms with E-state index in [9.17, 15) is 9.59 Å². The molecule has 1 fully saturated rings. The zero-order valence-electron chi connectivity index (χ0n) is 22.9. The molecule has 1 heterocycles. The topological polar surface area (TPSA) is 116 Å². The van der Waals surface area contributed by atoms with Crippen LogP contribution in [0.15, 0.2) is 54.6 Å². The molecule has 1 aliphatic heterocycles. The summed E-state index contributed by atoms with van der Waals surface area (Å²) in [6.45, 7) is 8.42. The first-order chi connectivity index (χ1) is 18.1. The molecule has 3 rings (SSSR count). The molecule has 2 aromatic rings. The van der Waals surface area contributed by atoms with Gasteiger partial charge in [-0.15, -0.1) is 0 Å². The molecular weight excluding hydrogens is 482 g/mol. The Balaban J connectivity index is 1.52. The van der Waals surface area contributed by atoms with Crippen molar-refractivity contribution < 1.29 is 19.1 Å². The van der Waals surface area contributed by atoms with E-state index < -0.39 is 11.7 Å². The molecule has 0 aliphatic carbocycles. The summed E-state index contributed by atoms with van der Waals surface area (Å²) in [5.41, 5.74) is 0.952. The monoisotopic (exact) mass is 523 g/mol. The first-order valence-corrected chi connectivity index (χ1v) is 13.1.